The number of carbonyl (C=O) groups is 1. The number of carbonyl (C=O) groups excluding carboxylic acids is 1. The zero-order chi connectivity index (χ0) is 11.8. The van der Waals surface area contributed by atoms with Crippen LogP contribution in [0.4, 0.5) is 0 Å². The predicted molar refractivity (Wildman–Crippen MR) is 64.6 cm³/mol. The van der Waals surface area contributed by atoms with E-state index in [0.717, 1.165) is 5.56 Å². The van der Waals surface area contributed by atoms with Crippen molar-refractivity contribution in [3.8, 4) is 11.8 Å². The molecule has 0 unspecified atom stereocenters. The standard InChI is InChI=1S/C13H13ClO2/c1-2-16-13(15)12-8-6-11(7-9-12)5-3-4-10-14/h6-9H,2,4,10H2,1H3. The van der Waals surface area contributed by atoms with E-state index >= 15 is 0 Å². The van der Waals surface area contributed by atoms with Crippen LogP contribution in [0, 0.1) is 11.8 Å². The fourth-order valence-corrected chi connectivity index (χ4v) is 1.21. The van der Waals surface area contributed by atoms with Gasteiger partial charge in [0.2, 0.25) is 0 Å². The number of rotatable bonds is 3. The van der Waals surface area contributed by atoms with Crippen molar-refractivity contribution < 1.29 is 9.53 Å². The Bertz CT molecular complexity index is 398. The highest BCUT2D eigenvalue weighted by atomic mass is 35.5. The fraction of sp³-hybridized carbons (Fsp3) is 0.308. The third kappa shape index (κ3) is 3.96. The van der Waals surface area contributed by atoms with Crippen LogP contribution >= 0.6 is 11.6 Å². The molecule has 0 aliphatic rings. The highest BCUT2D eigenvalue weighted by Crippen LogP contribution is 2.05. The summed E-state index contributed by atoms with van der Waals surface area (Å²) in [6, 6.07) is 7.02. The predicted octanol–water partition coefficient (Wildman–Crippen LogP) is 2.84. The third-order valence-corrected chi connectivity index (χ3v) is 2.04. The Labute approximate surface area is 101 Å². The van der Waals surface area contributed by atoms with Crippen molar-refractivity contribution in [2.45, 2.75) is 13.3 Å². The lowest BCUT2D eigenvalue weighted by Gasteiger charge is -2.00. The van der Waals surface area contributed by atoms with Crippen LogP contribution in [0.5, 0.6) is 0 Å². The minimum atomic E-state index is -0.303. The second kappa shape index (κ2) is 6.92. The Kier molecular flexibility index (Phi) is 5.45. The first-order valence-corrected chi connectivity index (χ1v) is 5.63. The van der Waals surface area contributed by atoms with Gasteiger partial charge < -0.3 is 4.74 Å². The van der Waals surface area contributed by atoms with Gasteiger partial charge in [0.05, 0.1) is 12.2 Å². The lowest BCUT2D eigenvalue weighted by molar-refractivity contribution is 0.0526. The van der Waals surface area contributed by atoms with E-state index in [9.17, 15) is 4.79 Å². The molecule has 0 amide bonds. The zero-order valence-electron chi connectivity index (χ0n) is 9.13. The summed E-state index contributed by atoms with van der Waals surface area (Å²) in [6.45, 7) is 2.17. The average Bonchev–Trinajstić information content (AvgIpc) is 2.30. The fourth-order valence-electron chi connectivity index (χ4n) is 1.12. The third-order valence-electron chi connectivity index (χ3n) is 1.85. The normalized spacial score (nSPS) is 9.12. The molecule has 0 atom stereocenters. The van der Waals surface area contributed by atoms with Gasteiger partial charge in [-0.15, -0.1) is 11.6 Å². The maximum absolute atomic E-state index is 11.3. The van der Waals surface area contributed by atoms with Crippen molar-refractivity contribution in [3.63, 3.8) is 0 Å². The summed E-state index contributed by atoms with van der Waals surface area (Å²) in [4.78, 5) is 11.3. The van der Waals surface area contributed by atoms with Gasteiger partial charge in [0.1, 0.15) is 0 Å². The van der Waals surface area contributed by atoms with Crippen LogP contribution in [0.1, 0.15) is 29.3 Å². The van der Waals surface area contributed by atoms with Crippen LogP contribution in [0.25, 0.3) is 0 Å². The molecule has 0 saturated carbocycles. The zero-order valence-corrected chi connectivity index (χ0v) is 9.88. The Morgan fingerprint density at radius 2 is 2.06 bits per heavy atom. The molecule has 1 rings (SSSR count). The van der Waals surface area contributed by atoms with Crippen LogP contribution in [-0.4, -0.2) is 18.5 Å². The lowest BCUT2D eigenvalue weighted by atomic mass is 10.1. The Balaban J connectivity index is 2.69. The van der Waals surface area contributed by atoms with Crippen LogP contribution in [-0.2, 0) is 4.74 Å². The van der Waals surface area contributed by atoms with Crippen LogP contribution in [0.3, 0.4) is 0 Å². The summed E-state index contributed by atoms with van der Waals surface area (Å²) in [6.07, 6.45) is 0.668. The molecular formula is C13H13ClO2. The Hall–Kier alpha value is -1.46. The van der Waals surface area contributed by atoms with E-state index in [0.29, 0.717) is 24.5 Å². The van der Waals surface area contributed by atoms with Gasteiger partial charge in [-0.05, 0) is 31.2 Å². The number of hydrogen-bond donors (Lipinski definition) is 0. The second-order valence-electron chi connectivity index (χ2n) is 3.04. The van der Waals surface area contributed by atoms with E-state index in [2.05, 4.69) is 11.8 Å². The first-order chi connectivity index (χ1) is 7.77. The van der Waals surface area contributed by atoms with Crippen LogP contribution < -0.4 is 0 Å². The molecule has 16 heavy (non-hydrogen) atoms. The van der Waals surface area contributed by atoms with Gasteiger partial charge in [-0.1, -0.05) is 11.8 Å². The highest BCUT2D eigenvalue weighted by Gasteiger charge is 2.04. The second-order valence-corrected chi connectivity index (χ2v) is 3.42. The molecule has 0 aliphatic carbocycles. The van der Waals surface area contributed by atoms with Gasteiger partial charge in [-0.25, -0.2) is 4.79 Å². The minimum Gasteiger partial charge on any atom is -0.462 e. The molecule has 0 radical (unpaired) electrons. The molecule has 0 bridgehead atoms. The molecule has 0 heterocycles. The molecule has 0 aliphatic heterocycles. The van der Waals surface area contributed by atoms with Gasteiger partial charge in [0.25, 0.3) is 0 Å². The van der Waals surface area contributed by atoms with E-state index in [1.165, 1.54) is 0 Å². The highest BCUT2D eigenvalue weighted by molar-refractivity contribution is 6.18. The molecular weight excluding hydrogens is 224 g/mol. The minimum absolute atomic E-state index is 0.303. The van der Waals surface area contributed by atoms with Crippen molar-refractivity contribution >= 4 is 17.6 Å². The van der Waals surface area contributed by atoms with Gasteiger partial charge in [-0.2, -0.15) is 0 Å². The smallest absolute Gasteiger partial charge is 0.338 e. The van der Waals surface area contributed by atoms with E-state index in [1.54, 1.807) is 31.2 Å². The molecule has 0 N–H and O–H groups in total. The molecule has 0 saturated heterocycles. The van der Waals surface area contributed by atoms with Crippen LogP contribution in [0.15, 0.2) is 24.3 Å². The topological polar surface area (TPSA) is 26.3 Å². The Morgan fingerprint density at radius 1 is 1.38 bits per heavy atom. The van der Waals surface area contributed by atoms with E-state index < -0.39 is 0 Å². The van der Waals surface area contributed by atoms with E-state index in [1.807, 2.05) is 0 Å². The Morgan fingerprint density at radius 3 is 2.62 bits per heavy atom. The number of alkyl halides is 1. The maximum Gasteiger partial charge on any atom is 0.338 e. The summed E-state index contributed by atoms with van der Waals surface area (Å²) >= 11 is 5.51. The average molecular weight is 237 g/mol. The van der Waals surface area contributed by atoms with Crippen molar-refractivity contribution in [3.05, 3.63) is 35.4 Å². The molecule has 3 heteroatoms. The van der Waals surface area contributed by atoms with E-state index in [-0.39, 0.29) is 5.97 Å². The van der Waals surface area contributed by atoms with Gasteiger partial charge in [0.15, 0.2) is 0 Å². The lowest BCUT2D eigenvalue weighted by Crippen LogP contribution is -2.04. The molecule has 0 fully saturated rings. The summed E-state index contributed by atoms with van der Waals surface area (Å²) in [5, 5.41) is 0. The molecule has 0 aromatic heterocycles. The van der Waals surface area contributed by atoms with Crippen LogP contribution in [0.2, 0.25) is 0 Å². The summed E-state index contributed by atoms with van der Waals surface area (Å²) in [5.74, 6) is 6.12. The van der Waals surface area contributed by atoms with Crippen molar-refractivity contribution in [2.75, 3.05) is 12.5 Å². The largest absolute Gasteiger partial charge is 0.462 e. The molecule has 84 valence electrons. The number of ether oxygens (including phenoxy) is 1. The molecule has 2 nitrogen and oxygen atoms in total. The molecule has 1 aromatic rings. The summed E-state index contributed by atoms with van der Waals surface area (Å²) in [7, 11) is 0. The van der Waals surface area contributed by atoms with Gasteiger partial charge in [-0.3, -0.25) is 0 Å². The number of hydrogen-bond acceptors (Lipinski definition) is 2. The number of benzene rings is 1. The van der Waals surface area contributed by atoms with Gasteiger partial charge in [0, 0.05) is 17.9 Å². The first kappa shape index (κ1) is 12.6. The van der Waals surface area contributed by atoms with Crippen molar-refractivity contribution in [1.82, 2.24) is 0 Å². The van der Waals surface area contributed by atoms with Gasteiger partial charge >= 0.3 is 5.97 Å². The monoisotopic (exact) mass is 236 g/mol. The quantitative estimate of drug-likeness (QED) is 0.458. The SMILES string of the molecule is CCOC(=O)c1ccc(C#CCCCl)cc1. The summed E-state index contributed by atoms with van der Waals surface area (Å²) in [5.41, 5.74) is 1.42. The van der Waals surface area contributed by atoms with E-state index in [4.69, 9.17) is 16.3 Å². The summed E-state index contributed by atoms with van der Waals surface area (Å²) < 4.78 is 4.87. The van der Waals surface area contributed by atoms with Crippen molar-refractivity contribution in [1.29, 1.82) is 0 Å². The first-order valence-electron chi connectivity index (χ1n) is 5.10. The molecule has 1 aromatic carbocycles. The number of esters is 1. The maximum atomic E-state index is 11.3. The number of halogens is 1. The van der Waals surface area contributed by atoms with Crippen molar-refractivity contribution in [2.24, 2.45) is 0 Å². The molecule has 0 spiro atoms.